The standard InChI is InChI=1S/C20H19FN2O/c1-12-5-7-18-16(9-12)17-11-15(6-8-19(17)23-18)22-20(24)13-3-2-4-14(21)10-13/h2-5,7,9-10,15,23H,6,8,11H2,1H3,(H,22,24). The van der Waals surface area contributed by atoms with Crippen LogP contribution < -0.4 is 5.32 Å². The van der Waals surface area contributed by atoms with Crippen LogP contribution in [0.25, 0.3) is 10.9 Å². The van der Waals surface area contributed by atoms with Crippen LogP contribution in [0.2, 0.25) is 0 Å². The molecule has 1 aliphatic carbocycles. The van der Waals surface area contributed by atoms with Gasteiger partial charge in [0.1, 0.15) is 5.82 Å². The predicted octanol–water partition coefficient (Wildman–Crippen LogP) is 3.90. The highest BCUT2D eigenvalue weighted by atomic mass is 19.1. The largest absolute Gasteiger partial charge is 0.358 e. The Hall–Kier alpha value is -2.62. The van der Waals surface area contributed by atoms with E-state index in [4.69, 9.17) is 0 Å². The maximum atomic E-state index is 13.3. The highest BCUT2D eigenvalue weighted by Gasteiger charge is 2.24. The Bertz CT molecular complexity index is 929. The Morgan fingerprint density at radius 2 is 2.12 bits per heavy atom. The summed E-state index contributed by atoms with van der Waals surface area (Å²) in [6.45, 7) is 2.09. The fourth-order valence-corrected chi connectivity index (χ4v) is 3.55. The van der Waals surface area contributed by atoms with Gasteiger partial charge in [0.05, 0.1) is 0 Å². The Labute approximate surface area is 139 Å². The SMILES string of the molecule is Cc1ccc2[nH]c3c(c2c1)CC(NC(=O)c1cccc(F)c1)CC3. The maximum Gasteiger partial charge on any atom is 0.251 e. The van der Waals surface area contributed by atoms with Gasteiger partial charge in [-0.25, -0.2) is 4.39 Å². The molecule has 2 aromatic carbocycles. The third-order valence-electron chi connectivity index (χ3n) is 4.77. The van der Waals surface area contributed by atoms with Gasteiger partial charge in [-0.3, -0.25) is 4.79 Å². The Morgan fingerprint density at radius 1 is 1.25 bits per heavy atom. The van der Waals surface area contributed by atoms with E-state index in [0.717, 1.165) is 24.8 Å². The molecule has 1 heterocycles. The van der Waals surface area contributed by atoms with Crippen molar-refractivity contribution in [1.29, 1.82) is 0 Å². The number of hydrogen-bond acceptors (Lipinski definition) is 1. The lowest BCUT2D eigenvalue weighted by Crippen LogP contribution is -2.38. The Balaban J connectivity index is 1.57. The van der Waals surface area contributed by atoms with Gasteiger partial charge in [-0.05, 0) is 62.1 Å². The van der Waals surface area contributed by atoms with E-state index in [9.17, 15) is 9.18 Å². The van der Waals surface area contributed by atoms with Gasteiger partial charge in [-0.1, -0.05) is 17.7 Å². The first-order chi connectivity index (χ1) is 11.6. The number of benzene rings is 2. The van der Waals surface area contributed by atoms with Crippen molar-refractivity contribution >= 4 is 16.8 Å². The molecule has 4 heteroatoms. The third kappa shape index (κ3) is 2.68. The smallest absolute Gasteiger partial charge is 0.251 e. The zero-order chi connectivity index (χ0) is 16.7. The molecule has 0 saturated carbocycles. The van der Waals surface area contributed by atoms with Gasteiger partial charge in [0.2, 0.25) is 0 Å². The molecule has 0 radical (unpaired) electrons. The van der Waals surface area contributed by atoms with Crippen LogP contribution in [-0.2, 0) is 12.8 Å². The molecule has 2 N–H and O–H groups in total. The third-order valence-corrected chi connectivity index (χ3v) is 4.77. The maximum absolute atomic E-state index is 13.3. The Morgan fingerprint density at radius 3 is 2.96 bits per heavy atom. The molecule has 1 aliphatic rings. The fraction of sp³-hybridized carbons (Fsp3) is 0.250. The van der Waals surface area contributed by atoms with E-state index in [-0.39, 0.29) is 17.8 Å². The van der Waals surface area contributed by atoms with Gasteiger partial charge < -0.3 is 10.3 Å². The minimum absolute atomic E-state index is 0.0766. The number of aromatic nitrogens is 1. The number of halogens is 1. The molecule has 0 aliphatic heterocycles. The average molecular weight is 322 g/mol. The molecule has 4 rings (SSSR count). The monoisotopic (exact) mass is 322 g/mol. The van der Waals surface area contributed by atoms with Crippen LogP contribution >= 0.6 is 0 Å². The van der Waals surface area contributed by atoms with E-state index in [2.05, 4.69) is 35.4 Å². The van der Waals surface area contributed by atoms with Gasteiger partial charge >= 0.3 is 0 Å². The van der Waals surface area contributed by atoms with Gasteiger partial charge in [0.25, 0.3) is 5.91 Å². The number of fused-ring (bicyclic) bond motifs is 3. The summed E-state index contributed by atoms with van der Waals surface area (Å²) in [5.74, 6) is -0.598. The number of nitrogens with one attached hydrogen (secondary N) is 2. The predicted molar refractivity (Wildman–Crippen MR) is 92.7 cm³/mol. The van der Waals surface area contributed by atoms with Crippen LogP contribution in [0.3, 0.4) is 0 Å². The van der Waals surface area contributed by atoms with Crippen molar-refractivity contribution in [1.82, 2.24) is 10.3 Å². The molecule has 0 fully saturated rings. The molecule has 1 unspecified atom stereocenters. The minimum atomic E-state index is -0.388. The highest BCUT2D eigenvalue weighted by Crippen LogP contribution is 2.30. The number of aromatic amines is 1. The molecule has 0 saturated heterocycles. The van der Waals surface area contributed by atoms with Gasteiger partial charge in [-0.2, -0.15) is 0 Å². The first-order valence-corrected chi connectivity index (χ1v) is 8.26. The number of carbonyl (C=O) groups is 1. The van der Waals surface area contributed by atoms with Crippen LogP contribution in [0.1, 0.15) is 33.6 Å². The number of amides is 1. The van der Waals surface area contributed by atoms with Crippen LogP contribution in [-0.4, -0.2) is 16.9 Å². The summed E-state index contributed by atoms with van der Waals surface area (Å²) in [5, 5.41) is 4.30. The molecule has 3 aromatic rings. The number of aryl methyl sites for hydroxylation is 2. The first kappa shape index (κ1) is 14.9. The van der Waals surface area contributed by atoms with Crippen molar-refractivity contribution in [3.63, 3.8) is 0 Å². The van der Waals surface area contributed by atoms with Gasteiger partial charge in [-0.15, -0.1) is 0 Å². The van der Waals surface area contributed by atoms with E-state index in [0.29, 0.717) is 5.56 Å². The topological polar surface area (TPSA) is 44.9 Å². The summed E-state index contributed by atoms with van der Waals surface area (Å²) < 4.78 is 13.3. The molecule has 122 valence electrons. The van der Waals surface area contributed by atoms with Crippen molar-refractivity contribution < 1.29 is 9.18 Å². The highest BCUT2D eigenvalue weighted by molar-refractivity contribution is 5.94. The zero-order valence-corrected chi connectivity index (χ0v) is 13.5. The summed E-state index contributed by atoms with van der Waals surface area (Å²) in [7, 11) is 0. The molecule has 1 aromatic heterocycles. The summed E-state index contributed by atoms with van der Waals surface area (Å²) in [6, 6.07) is 12.3. The van der Waals surface area contributed by atoms with Crippen molar-refractivity contribution in [3.05, 3.63) is 70.7 Å². The molecule has 1 amide bonds. The van der Waals surface area contributed by atoms with Crippen molar-refractivity contribution in [3.8, 4) is 0 Å². The van der Waals surface area contributed by atoms with E-state index >= 15 is 0 Å². The van der Waals surface area contributed by atoms with Crippen molar-refractivity contribution in [2.45, 2.75) is 32.2 Å². The second-order valence-electron chi connectivity index (χ2n) is 6.55. The van der Waals surface area contributed by atoms with Crippen LogP contribution in [0, 0.1) is 12.7 Å². The lowest BCUT2D eigenvalue weighted by Gasteiger charge is -2.23. The van der Waals surface area contributed by atoms with Crippen LogP contribution in [0.4, 0.5) is 4.39 Å². The molecule has 24 heavy (non-hydrogen) atoms. The number of rotatable bonds is 2. The van der Waals surface area contributed by atoms with Crippen LogP contribution in [0.5, 0.6) is 0 Å². The number of carbonyl (C=O) groups excluding carboxylic acids is 1. The molecule has 1 atom stereocenters. The second kappa shape index (κ2) is 5.78. The first-order valence-electron chi connectivity index (χ1n) is 8.26. The van der Waals surface area contributed by atoms with Gasteiger partial charge in [0, 0.05) is 28.2 Å². The molecular weight excluding hydrogens is 303 g/mol. The van der Waals surface area contributed by atoms with E-state index in [1.165, 1.54) is 34.3 Å². The number of hydrogen-bond donors (Lipinski definition) is 2. The van der Waals surface area contributed by atoms with E-state index < -0.39 is 0 Å². The van der Waals surface area contributed by atoms with Crippen LogP contribution in [0.15, 0.2) is 42.5 Å². The van der Waals surface area contributed by atoms with Crippen molar-refractivity contribution in [2.75, 3.05) is 0 Å². The summed E-state index contributed by atoms with van der Waals surface area (Å²) in [6.07, 6.45) is 2.61. The Kier molecular flexibility index (Phi) is 3.60. The second-order valence-corrected chi connectivity index (χ2v) is 6.55. The average Bonchev–Trinajstić information content (AvgIpc) is 2.92. The zero-order valence-electron chi connectivity index (χ0n) is 13.5. The normalized spacial score (nSPS) is 16.8. The summed E-state index contributed by atoms with van der Waals surface area (Å²) in [4.78, 5) is 15.8. The summed E-state index contributed by atoms with van der Waals surface area (Å²) in [5.41, 5.74) is 5.32. The molecular formula is C20H19FN2O. The molecule has 3 nitrogen and oxygen atoms in total. The molecule has 0 spiro atoms. The van der Waals surface area contributed by atoms with Crippen molar-refractivity contribution in [2.24, 2.45) is 0 Å². The summed E-state index contributed by atoms with van der Waals surface area (Å²) >= 11 is 0. The lowest BCUT2D eigenvalue weighted by atomic mass is 9.91. The minimum Gasteiger partial charge on any atom is -0.358 e. The number of H-pyrrole nitrogens is 1. The fourth-order valence-electron chi connectivity index (χ4n) is 3.55. The van der Waals surface area contributed by atoms with Gasteiger partial charge in [0.15, 0.2) is 0 Å². The lowest BCUT2D eigenvalue weighted by molar-refractivity contribution is 0.0933. The quantitative estimate of drug-likeness (QED) is 0.738. The van der Waals surface area contributed by atoms with E-state index in [1.54, 1.807) is 12.1 Å². The molecule has 0 bridgehead atoms. The van der Waals surface area contributed by atoms with E-state index in [1.807, 2.05) is 0 Å².